The molecule has 2 aromatic carbocycles. The lowest BCUT2D eigenvalue weighted by atomic mass is 9.90. The first-order valence-electron chi connectivity index (χ1n) is 9.10. The summed E-state index contributed by atoms with van der Waals surface area (Å²) in [5.74, 6) is 0.454. The van der Waals surface area contributed by atoms with Crippen molar-refractivity contribution in [3.05, 3.63) is 71.7 Å². The van der Waals surface area contributed by atoms with Crippen molar-refractivity contribution in [1.82, 2.24) is 14.3 Å². The van der Waals surface area contributed by atoms with Gasteiger partial charge in [-0.2, -0.15) is 0 Å². The molecule has 1 aliphatic carbocycles. The van der Waals surface area contributed by atoms with Gasteiger partial charge in [0.1, 0.15) is 0 Å². The number of hydrogen-bond acceptors (Lipinski definition) is 3. The molecule has 1 aromatic heterocycles. The second-order valence-corrected chi connectivity index (χ2v) is 8.98. The van der Waals surface area contributed by atoms with E-state index in [0.29, 0.717) is 5.92 Å². The molecule has 140 valence electrons. The van der Waals surface area contributed by atoms with Crippen molar-refractivity contribution < 1.29 is 8.42 Å². The quantitative estimate of drug-likeness (QED) is 0.738. The highest BCUT2D eigenvalue weighted by molar-refractivity contribution is 7.89. The molecule has 6 heteroatoms. The summed E-state index contributed by atoms with van der Waals surface area (Å²) in [7, 11) is -0.155. The highest BCUT2D eigenvalue weighted by atomic mass is 32.2. The van der Waals surface area contributed by atoms with Gasteiger partial charge in [0.05, 0.1) is 16.9 Å². The Morgan fingerprint density at radius 2 is 2.04 bits per heavy atom. The number of aromatic nitrogens is 2. The van der Waals surface area contributed by atoms with E-state index in [0.717, 1.165) is 36.1 Å². The van der Waals surface area contributed by atoms with Crippen LogP contribution in [-0.4, -0.2) is 25.0 Å². The first-order valence-corrected chi connectivity index (χ1v) is 10.6. The number of nitrogens with one attached hydrogen (secondary N) is 1. The first kappa shape index (κ1) is 17.9. The van der Waals surface area contributed by atoms with Gasteiger partial charge >= 0.3 is 0 Å². The Labute approximate surface area is 160 Å². The molecule has 0 radical (unpaired) electrons. The highest BCUT2D eigenvalue weighted by Gasteiger charge is 2.24. The summed E-state index contributed by atoms with van der Waals surface area (Å²) in [6.07, 6.45) is 6.77. The fourth-order valence-electron chi connectivity index (χ4n) is 3.93. The fourth-order valence-corrected chi connectivity index (χ4v) is 4.69. The fraction of sp³-hybridized carbons (Fsp3) is 0.286. The van der Waals surface area contributed by atoms with Gasteiger partial charge < -0.3 is 4.57 Å². The van der Waals surface area contributed by atoms with Crippen LogP contribution < -0.4 is 4.72 Å². The van der Waals surface area contributed by atoms with E-state index in [2.05, 4.69) is 34.0 Å². The van der Waals surface area contributed by atoms with Crippen LogP contribution in [0.2, 0.25) is 0 Å². The lowest BCUT2D eigenvalue weighted by molar-refractivity contribution is 0.588. The molecule has 1 heterocycles. The Balaban J connectivity index is 1.76. The molecule has 0 unspecified atom stereocenters. The molecule has 0 saturated carbocycles. The number of fused-ring (bicyclic) bond motifs is 1. The zero-order chi connectivity index (χ0) is 19.0. The average Bonchev–Trinajstić information content (AvgIpc) is 3.28. The van der Waals surface area contributed by atoms with E-state index < -0.39 is 10.0 Å². The van der Waals surface area contributed by atoms with Gasteiger partial charge in [0.15, 0.2) is 0 Å². The molecule has 4 rings (SSSR count). The third-order valence-electron chi connectivity index (χ3n) is 5.36. The number of imidazole rings is 1. The van der Waals surface area contributed by atoms with Crippen molar-refractivity contribution in [1.29, 1.82) is 0 Å². The van der Waals surface area contributed by atoms with Gasteiger partial charge in [0.2, 0.25) is 10.0 Å². The molecule has 27 heavy (non-hydrogen) atoms. The van der Waals surface area contributed by atoms with Crippen LogP contribution in [0.1, 0.15) is 29.0 Å². The third kappa shape index (κ3) is 3.42. The zero-order valence-electron chi connectivity index (χ0n) is 15.5. The summed E-state index contributed by atoms with van der Waals surface area (Å²) in [4.78, 5) is 4.73. The summed E-state index contributed by atoms with van der Waals surface area (Å²) < 4.78 is 28.8. The molecule has 0 bridgehead atoms. The van der Waals surface area contributed by atoms with E-state index in [1.165, 1.54) is 18.2 Å². The van der Waals surface area contributed by atoms with Crippen LogP contribution >= 0.6 is 0 Å². The van der Waals surface area contributed by atoms with E-state index in [9.17, 15) is 8.42 Å². The summed E-state index contributed by atoms with van der Waals surface area (Å²) in [6.45, 7) is 0. The van der Waals surface area contributed by atoms with Crippen molar-refractivity contribution in [3.63, 3.8) is 0 Å². The van der Waals surface area contributed by atoms with Crippen LogP contribution in [0.3, 0.4) is 0 Å². The maximum absolute atomic E-state index is 12.3. The van der Waals surface area contributed by atoms with Crippen LogP contribution in [0.4, 0.5) is 0 Å². The second kappa shape index (κ2) is 6.94. The normalized spacial score (nSPS) is 16.4. The number of aryl methyl sites for hydroxylation is 2. The maximum atomic E-state index is 12.3. The van der Waals surface area contributed by atoms with Gasteiger partial charge in [-0.05, 0) is 61.1 Å². The lowest BCUT2D eigenvalue weighted by Gasteiger charge is -2.16. The Bertz CT molecular complexity index is 1090. The molecule has 0 aliphatic heterocycles. The number of sulfonamides is 1. The summed E-state index contributed by atoms with van der Waals surface area (Å²) in [6, 6.07) is 14.0. The predicted molar refractivity (Wildman–Crippen MR) is 106 cm³/mol. The van der Waals surface area contributed by atoms with Crippen LogP contribution in [0, 0.1) is 0 Å². The molecule has 0 spiro atoms. The molecule has 5 nitrogen and oxygen atoms in total. The summed E-state index contributed by atoms with van der Waals surface area (Å²) >= 11 is 0. The minimum atomic E-state index is -3.50. The summed E-state index contributed by atoms with van der Waals surface area (Å²) in [5.41, 5.74) is 5.65. The molecule has 1 N–H and O–H groups in total. The smallest absolute Gasteiger partial charge is 0.240 e. The molecule has 1 atom stereocenters. The third-order valence-corrected chi connectivity index (χ3v) is 6.78. The van der Waals surface area contributed by atoms with Gasteiger partial charge in [-0.3, -0.25) is 0 Å². The Hall–Kier alpha value is -2.44. The number of rotatable bonds is 5. The first-order chi connectivity index (χ1) is 13.0. The van der Waals surface area contributed by atoms with E-state index >= 15 is 0 Å². The van der Waals surface area contributed by atoms with Gasteiger partial charge in [0, 0.05) is 18.8 Å². The van der Waals surface area contributed by atoms with E-state index in [1.54, 1.807) is 18.5 Å². The lowest BCUT2D eigenvalue weighted by Crippen LogP contribution is -2.18. The van der Waals surface area contributed by atoms with Crippen molar-refractivity contribution in [2.24, 2.45) is 7.05 Å². The minimum Gasteiger partial charge on any atom is -0.340 e. The molecular formula is C21H23N3O2S. The van der Waals surface area contributed by atoms with Crippen LogP contribution in [0.5, 0.6) is 0 Å². The molecular weight excluding hydrogens is 358 g/mol. The second-order valence-electron chi connectivity index (χ2n) is 7.09. The van der Waals surface area contributed by atoms with Gasteiger partial charge in [-0.1, -0.05) is 30.3 Å². The van der Waals surface area contributed by atoms with Crippen molar-refractivity contribution in [2.75, 3.05) is 7.05 Å². The Morgan fingerprint density at radius 3 is 2.78 bits per heavy atom. The molecule has 0 saturated heterocycles. The predicted octanol–water partition coefficient (Wildman–Crippen LogP) is 3.27. The summed E-state index contributed by atoms with van der Waals surface area (Å²) in [5, 5.41) is 0. The largest absolute Gasteiger partial charge is 0.340 e. The van der Waals surface area contributed by atoms with Crippen molar-refractivity contribution in [2.45, 2.75) is 30.1 Å². The molecule has 0 fully saturated rings. The van der Waals surface area contributed by atoms with Crippen molar-refractivity contribution >= 4 is 10.0 Å². The van der Waals surface area contributed by atoms with E-state index in [4.69, 9.17) is 0 Å². The monoisotopic (exact) mass is 381 g/mol. The molecule has 1 aliphatic rings. The molecule has 0 amide bonds. The maximum Gasteiger partial charge on any atom is 0.240 e. The number of nitrogens with zero attached hydrogens (tertiary/aromatic N) is 2. The highest BCUT2D eigenvalue weighted by Crippen LogP contribution is 2.37. The van der Waals surface area contributed by atoms with Crippen LogP contribution in [0.25, 0.3) is 11.3 Å². The molecule has 3 aromatic rings. The minimum absolute atomic E-state index is 0.265. The number of hydrogen-bond donors (Lipinski definition) is 1. The van der Waals surface area contributed by atoms with E-state index in [1.807, 2.05) is 23.9 Å². The Kier molecular flexibility index (Phi) is 4.61. The number of benzene rings is 2. The average molecular weight is 382 g/mol. The Morgan fingerprint density at radius 1 is 1.22 bits per heavy atom. The van der Waals surface area contributed by atoms with Gasteiger partial charge in [-0.25, -0.2) is 18.1 Å². The van der Waals surface area contributed by atoms with Crippen molar-refractivity contribution in [3.8, 4) is 11.3 Å². The SMILES string of the molecule is CNS(=O)(=O)c1ccc(C[C@@H]2CCc3ccccc32)c(-c2cn(C)cn2)c1. The van der Waals surface area contributed by atoms with Crippen LogP contribution in [0.15, 0.2) is 59.9 Å². The van der Waals surface area contributed by atoms with E-state index in [-0.39, 0.29) is 4.90 Å². The van der Waals surface area contributed by atoms with Crippen LogP contribution in [-0.2, 0) is 29.9 Å². The van der Waals surface area contributed by atoms with Gasteiger partial charge in [-0.15, -0.1) is 0 Å². The standard InChI is InChI=1S/C21H23N3O2S/c1-22-27(25,26)18-10-9-17(20(12-18)21-13-24(2)14-23-21)11-16-8-7-15-5-3-4-6-19(15)16/h3-6,9-10,12-14,16,22H,7-8,11H2,1-2H3/t16-/m0/s1. The van der Waals surface area contributed by atoms with Gasteiger partial charge in [0.25, 0.3) is 0 Å². The zero-order valence-corrected chi connectivity index (χ0v) is 16.3. The topological polar surface area (TPSA) is 64.0 Å².